The van der Waals surface area contributed by atoms with E-state index in [-0.39, 0.29) is 12.5 Å². The summed E-state index contributed by atoms with van der Waals surface area (Å²) < 4.78 is 9.98. The van der Waals surface area contributed by atoms with Gasteiger partial charge in [0, 0.05) is 0 Å². The summed E-state index contributed by atoms with van der Waals surface area (Å²) in [6, 6.07) is 6.27. The predicted octanol–water partition coefficient (Wildman–Crippen LogP) is 2.84. The van der Waals surface area contributed by atoms with Crippen LogP contribution in [0.15, 0.2) is 24.3 Å². The van der Waals surface area contributed by atoms with Gasteiger partial charge in [-0.2, -0.15) is 0 Å². The Morgan fingerprint density at radius 2 is 1.82 bits per heavy atom. The number of carbonyl (C=O) groups excluding carboxylic acids is 1. The van der Waals surface area contributed by atoms with Crippen molar-refractivity contribution < 1.29 is 24.2 Å². The van der Waals surface area contributed by atoms with Crippen molar-refractivity contribution in [1.82, 2.24) is 5.32 Å². The molecule has 1 amide bonds. The molecule has 1 aromatic carbocycles. The number of alkyl carbamates (subject to hydrolysis) is 1. The maximum atomic E-state index is 11.7. The van der Waals surface area contributed by atoms with Crippen molar-refractivity contribution in [3.05, 3.63) is 29.8 Å². The second kappa shape index (κ2) is 8.26. The largest absolute Gasteiger partial charge is 0.497 e. The molecule has 22 heavy (non-hydrogen) atoms. The van der Waals surface area contributed by atoms with Gasteiger partial charge in [0.15, 0.2) is 0 Å². The van der Waals surface area contributed by atoms with Crippen molar-refractivity contribution in [2.45, 2.75) is 26.8 Å². The van der Waals surface area contributed by atoms with Crippen molar-refractivity contribution in [2.24, 2.45) is 11.8 Å². The van der Waals surface area contributed by atoms with E-state index in [4.69, 9.17) is 9.47 Å². The number of hydrogen-bond acceptors (Lipinski definition) is 4. The van der Waals surface area contributed by atoms with Crippen LogP contribution in [-0.2, 0) is 9.53 Å². The average molecular weight is 309 g/mol. The molecule has 0 aliphatic carbocycles. The molecule has 1 rings (SSSR count). The van der Waals surface area contributed by atoms with Gasteiger partial charge in [0.05, 0.1) is 25.7 Å². The lowest BCUT2D eigenvalue weighted by atomic mass is 9.84. The molecule has 6 nitrogen and oxygen atoms in total. The van der Waals surface area contributed by atoms with Crippen LogP contribution in [0.2, 0.25) is 0 Å². The number of carboxylic acid groups (broad SMARTS) is 1. The Labute approximate surface area is 130 Å². The molecule has 2 N–H and O–H groups in total. The minimum atomic E-state index is -0.965. The summed E-state index contributed by atoms with van der Waals surface area (Å²) in [5, 5.41) is 12.2. The van der Waals surface area contributed by atoms with Crippen LogP contribution in [0.5, 0.6) is 5.75 Å². The molecular weight excluding hydrogens is 286 g/mol. The number of benzene rings is 1. The average Bonchev–Trinajstić information content (AvgIpc) is 2.46. The Kier molecular flexibility index (Phi) is 6.69. The minimum Gasteiger partial charge on any atom is -0.497 e. The van der Waals surface area contributed by atoms with Crippen LogP contribution >= 0.6 is 0 Å². The monoisotopic (exact) mass is 309 g/mol. The lowest BCUT2D eigenvalue weighted by Gasteiger charge is -2.28. The van der Waals surface area contributed by atoms with Crippen LogP contribution in [-0.4, -0.2) is 30.9 Å². The fraction of sp³-hybridized carbons (Fsp3) is 0.500. The quantitative estimate of drug-likeness (QED) is 0.809. The first-order chi connectivity index (χ1) is 10.4. The molecule has 0 unspecified atom stereocenters. The highest BCUT2D eigenvalue weighted by atomic mass is 16.5. The van der Waals surface area contributed by atoms with E-state index in [0.717, 1.165) is 0 Å². The van der Waals surface area contributed by atoms with E-state index in [1.54, 1.807) is 38.3 Å². The summed E-state index contributed by atoms with van der Waals surface area (Å²) in [6.45, 7) is 5.53. The molecular formula is C16H23NO5. The van der Waals surface area contributed by atoms with Crippen molar-refractivity contribution >= 4 is 12.1 Å². The summed E-state index contributed by atoms with van der Waals surface area (Å²) in [5.74, 6) is -1.23. The van der Waals surface area contributed by atoms with Gasteiger partial charge in [0.25, 0.3) is 0 Å². The number of aliphatic carboxylic acids is 1. The number of ether oxygens (including phenoxy) is 2. The highest BCUT2D eigenvalue weighted by Gasteiger charge is 2.33. The van der Waals surface area contributed by atoms with E-state index < -0.39 is 24.0 Å². The van der Waals surface area contributed by atoms with E-state index in [2.05, 4.69) is 5.32 Å². The number of methoxy groups -OCH3 is 1. The Morgan fingerprint density at radius 3 is 2.23 bits per heavy atom. The molecule has 0 spiro atoms. The third-order valence-electron chi connectivity index (χ3n) is 3.39. The number of hydrogen-bond donors (Lipinski definition) is 2. The van der Waals surface area contributed by atoms with Crippen molar-refractivity contribution in [3.8, 4) is 5.75 Å². The molecule has 0 heterocycles. The molecule has 0 bridgehead atoms. The molecule has 0 saturated heterocycles. The van der Waals surface area contributed by atoms with Crippen LogP contribution in [0.3, 0.4) is 0 Å². The summed E-state index contributed by atoms with van der Waals surface area (Å²) >= 11 is 0. The lowest BCUT2D eigenvalue weighted by molar-refractivity contribution is -0.144. The maximum absolute atomic E-state index is 11.7. The van der Waals surface area contributed by atoms with Crippen molar-refractivity contribution in [1.29, 1.82) is 0 Å². The normalized spacial score (nSPS) is 13.3. The fourth-order valence-corrected chi connectivity index (χ4v) is 2.30. The second-order valence-electron chi connectivity index (χ2n) is 5.22. The smallest absolute Gasteiger partial charge is 0.407 e. The standard InChI is InChI=1S/C16H23NO5/c1-5-22-16(20)17-14(13(10(2)3)15(18)19)11-6-8-12(21-4)9-7-11/h6-10,13-14H,5H2,1-4H3,(H,17,20)(H,18,19)/t13-,14-/m0/s1. The van der Waals surface area contributed by atoms with Gasteiger partial charge < -0.3 is 19.9 Å². The third-order valence-corrected chi connectivity index (χ3v) is 3.39. The Bertz CT molecular complexity index is 498. The van der Waals surface area contributed by atoms with E-state index in [1.807, 2.05) is 13.8 Å². The number of rotatable bonds is 7. The third kappa shape index (κ3) is 4.65. The highest BCUT2D eigenvalue weighted by molar-refractivity contribution is 5.74. The van der Waals surface area contributed by atoms with Gasteiger partial charge >= 0.3 is 12.1 Å². The minimum absolute atomic E-state index is 0.161. The highest BCUT2D eigenvalue weighted by Crippen LogP contribution is 2.29. The van der Waals surface area contributed by atoms with Crippen LogP contribution in [0.4, 0.5) is 4.79 Å². The van der Waals surface area contributed by atoms with Crippen LogP contribution < -0.4 is 10.1 Å². The van der Waals surface area contributed by atoms with Gasteiger partial charge in [-0.05, 0) is 30.5 Å². The van der Waals surface area contributed by atoms with E-state index >= 15 is 0 Å². The number of amides is 1. The fourth-order valence-electron chi connectivity index (χ4n) is 2.30. The predicted molar refractivity (Wildman–Crippen MR) is 81.9 cm³/mol. The Morgan fingerprint density at radius 1 is 1.23 bits per heavy atom. The van der Waals surface area contributed by atoms with Crippen LogP contribution in [0, 0.1) is 11.8 Å². The second-order valence-corrected chi connectivity index (χ2v) is 5.22. The summed E-state index contributed by atoms with van der Waals surface area (Å²) in [4.78, 5) is 23.3. The van der Waals surface area contributed by atoms with Gasteiger partial charge in [-0.1, -0.05) is 26.0 Å². The lowest BCUT2D eigenvalue weighted by Crippen LogP contribution is -2.39. The van der Waals surface area contributed by atoms with Gasteiger partial charge in [-0.15, -0.1) is 0 Å². The first kappa shape index (κ1) is 17.8. The zero-order valence-corrected chi connectivity index (χ0v) is 13.3. The number of nitrogens with one attached hydrogen (secondary N) is 1. The molecule has 1 aromatic rings. The van der Waals surface area contributed by atoms with E-state index in [9.17, 15) is 14.7 Å². The molecule has 0 saturated carbocycles. The molecule has 2 atom stereocenters. The molecule has 0 aromatic heterocycles. The SMILES string of the molecule is CCOC(=O)N[C@@H](c1ccc(OC)cc1)[C@@H](C(=O)O)C(C)C. The van der Waals surface area contributed by atoms with Crippen molar-refractivity contribution in [3.63, 3.8) is 0 Å². The van der Waals surface area contributed by atoms with Crippen LogP contribution in [0.1, 0.15) is 32.4 Å². The van der Waals surface area contributed by atoms with Gasteiger partial charge in [0.1, 0.15) is 5.75 Å². The molecule has 0 aliphatic heterocycles. The first-order valence-corrected chi connectivity index (χ1v) is 7.20. The van der Waals surface area contributed by atoms with E-state index in [1.165, 1.54) is 0 Å². The summed E-state index contributed by atoms with van der Waals surface area (Å²) in [7, 11) is 1.55. The van der Waals surface area contributed by atoms with Gasteiger partial charge in [-0.3, -0.25) is 4.79 Å². The zero-order valence-electron chi connectivity index (χ0n) is 13.3. The number of carboxylic acids is 1. The zero-order chi connectivity index (χ0) is 16.7. The maximum Gasteiger partial charge on any atom is 0.407 e. The topological polar surface area (TPSA) is 84.9 Å². The Balaban J connectivity index is 3.12. The van der Waals surface area contributed by atoms with Gasteiger partial charge in [0.2, 0.25) is 0 Å². The molecule has 0 aliphatic rings. The molecule has 0 fully saturated rings. The molecule has 0 radical (unpaired) electrons. The molecule has 6 heteroatoms. The summed E-state index contributed by atoms with van der Waals surface area (Å²) in [5.41, 5.74) is 0.690. The summed E-state index contributed by atoms with van der Waals surface area (Å²) in [6.07, 6.45) is -0.629. The van der Waals surface area contributed by atoms with Crippen molar-refractivity contribution in [2.75, 3.05) is 13.7 Å². The van der Waals surface area contributed by atoms with Gasteiger partial charge in [-0.25, -0.2) is 4.79 Å². The molecule has 122 valence electrons. The van der Waals surface area contributed by atoms with E-state index in [0.29, 0.717) is 11.3 Å². The number of carbonyl (C=O) groups is 2. The Hall–Kier alpha value is -2.24. The van der Waals surface area contributed by atoms with Crippen LogP contribution in [0.25, 0.3) is 0 Å². The first-order valence-electron chi connectivity index (χ1n) is 7.20.